The first kappa shape index (κ1) is 17.5. The second-order valence-electron chi connectivity index (χ2n) is 8.14. The van der Waals surface area contributed by atoms with Gasteiger partial charge in [-0.2, -0.15) is 0 Å². The van der Waals surface area contributed by atoms with Gasteiger partial charge in [-0.1, -0.05) is 30.3 Å². The minimum Gasteiger partial charge on any atom is -0.368 e. The normalized spacial score (nSPS) is 21.5. The lowest BCUT2D eigenvalue weighted by molar-refractivity contribution is 0.177. The van der Waals surface area contributed by atoms with Gasteiger partial charge in [0.05, 0.1) is 6.04 Å². The van der Waals surface area contributed by atoms with Crippen molar-refractivity contribution in [1.82, 2.24) is 10.2 Å². The minimum atomic E-state index is -0.152. The van der Waals surface area contributed by atoms with Gasteiger partial charge in [-0.3, -0.25) is 0 Å². The number of rotatable bonds is 2. The van der Waals surface area contributed by atoms with Crippen LogP contribution in [0.3, 0.4) is 0 Å². The lowest BCUT2D eigenvalue weighted by atomic mass is 10.0. The van der Waals surface area contributed by atoms with E-state index < -0.39 is 0 Å². The smallest absolute Gasteiger partial charge is 0.317 e. The molecular formula is C23H26FN3O. The van der Waals surface area contributed by atoms with Gasteiger partial charge in [-0.25, -0.2) is 9.18 Å². The lowest BCUT2D eigenvalue weighted by Crippen LogP contribution is -2.49. The molecular weight excluding hydrogens is 353 g/mol. The molecule has 2 aromatic rings. The number of piperidine rings is 1. The topological polar surface area (TPSA) is 35.6 Å². The van der Waals surface area contributed by atoms with Crippen molar-refractivity contribution in [3.63, 3.8) is 0 Å². The SMILES string of the molecule is O=C(NC1CCc2c(F)cccc21)N1CCC(N2CCc3ccccc32)CC1. The first-order valence-corrected chi connectivity index (χ1v) is 10.4. The van der Waals surface area contributed by atoms with E-state index in [1.807, 2.05) is 11.0 Å². The highest BCUT2D eigenvalue weighted by atomic mass is 19.1. The van der Waals surface area contributed by atoms with E-state index in [0.717, 1.165) is 56.4 Å². The maximum absolute atomic E-state index is 13.9. The number of nitrogens with zero attached hydrogens (tertiary/aromatic N) is 2. The van der Waals surface area contributed by atoms with Gasteiger partial charge in [0.2, 0.25) is 0 Å². The molecule has 2 aromatic carbocycles. The average molecular weight is 379 g/mol. The minimum absolute atomic E-state index is 0.0117. The molecule has 1 unspecified atom stereocenters. The average Bonchev–Trinajstić information content (AvgIpc) is 3.33. The van der Waals surface area contributed by atoms with Crippen LogP contribution in [-0.2, 0) is 12.8 Å². The van der Waals surface area contributed by atoms with Crippen LogP contribution in [-0.4, -0.2) is 36.6 Å². The van der Waals surface area contributed by atoms with Gasteiger partial charge >= 0.3 is 6.03 Å². The number of halogens is 1. The summed E-state index contributed by atoms with van der Waals surface area (Å²) < 4.78 is 13.9. The number of carbonyl (C=O) groups excluding carboxylic acids is 1. The molecule has 3 aliphatic rings. The zero-order valence-corrected chi connectivity index (χ0v) is 16.0. The summed E-state index contributed by atoms with van der Waals surface area (Å²) in [4.78, 5) is 17.2. The third-order valence-electron chi connectivity index (χ3n) is 6.63. The Bertz CT molecular complexity index is 891. The van der Waals surface area contributed by atoms with Crippen molar-refractivity contribution in [3.8, 4) is 0 Å². The lowest BCUT2D eigenvalue weighted by Gasteiger charge is -2.38. The molecule has 0 radical (unpaired) electrons. The summed E-state index contributed by atoms with van der Waals surface area (Å²) in [5.41, 5.74) is 4.51. The van der Waals surface area contributed by atoms with Gasteiger partial charge in [-0.15, -0.1) is 0 Å². The van der Waals surface area contributed by atoms with Crippen LogP contribution in [0.15, 0.2) is 42.5 Å². The van der Waals surface area contributed by atoms with Crippen LogP contribution in [0.25, 0.3) is 0 Å². The molecule has 2 aliphatic heterocycles. The van der Waals surface area contributed by atoms with Gasteiger partial charge in [-0.05, 0) is 60.9 Å². The Morgan fingerprint density at radius 3 is 2.64 bits per heavy atom. The molecule has 4 nitrogen and oxygen atoms in total. The van der Waals surface area contributed by atoms with Crippen molar-refractivity contribution in [1.29, 1.82) is 0 Å². The fraction of sp³-hybridized carbons (Fsp3) is 0.435. The Labute approximate surface area is 165 Å². The molecule has 5 heteroatoms. The fourth-order valence-corrected chi connectivity index (χ4v) is 5.12. The summed E-state index contributed by atoms with van der Waals surface area (Å²) in [7, 11) is 0. The van der Waals surface area contributed by atoms with Crippen LogP contribution in [0.5, 0.6) is 0 Å². The van der Waals surface area contributed by atoms with Gasteiger partial charge in [0.1, 0.15) is 5.82 Å². The Morgan fingerprint density at radius 1 is 0.964 bits per heavy atom. The van der Waals surface area contributed by atoms with E-state index in [1.54, 1.807) is 6.07 Å². The second-order valence-corrected chi connectivity index (χ2v) is 8.14. The van der Waals surface area contributed by atoms with E-state index in [4.69, 9.17) is 0 Å². The predicted octanol–water partition coefficient (Wildman–Crippen LogP) is 4.05. The molecule has 28 heavy (non-hydrogen) atoms. The maximum atomic E-state index is 13.9. The zero-order chi connectivity index (χ0) is 19.1. The summed E-state index contributed by atoms with van der Waals surface area (Å²) in [5.74, 6) is -0.152. The monoisotopic (exact) mass is 379 g/mol. The van der Waals surface area contributed by atoms with Crippen molar-refractivity contribution in [2.24, 2.45) is 0 Å². The molecule has 1 N–H and O–H groups in total. The number of benzene rings is 2. The van der Waals surface area contributed by atoms with Gasteiger partial charge < -0.3 is 15.1 Å². The third-order valence-corrected chi connectivity index (χ3v) is 6.63. The Hall–Kier alpha value is -2.56. The molecule has 0 aromatic heterocycles. The predicted molar refractivity (Wildman–Crippen MR) is 108 cm³/mol. The number of likely N-dealkylation sites (tertiary alicyclic amines) is 1. The summed E-state index contributed by atoms with van der Waals surface area (Å²) in [6, 6.07) is 14.3. The molecule has 1 fully saturated rings. The molecule has 2 amide bonds. The summed E-state index contributed by atoms with van der Waals surface area (Å²) in [5, 5.41) is 3.14. The number of anilines is 1. The van der Waals surface area contributed by atoms with Crippen LogP contribution in [0.2, 0.25) is 0 Å². The van der Waals surface area contributed by atoms with Gasteiger partial charge in [0.15, 0.2) is 0 Å². The molecule has 146 valence electrons. The first-order valence-electron chi connectivity index (χ1n) is 10.4. The number of para-hydroxylation sites is 1. The summed E-state index contributed by atoms with van der Waals surface area (Å²) in [6.45, 7) is 2.64. The molecule has 0 spiro atoms. The summed E-state index contributed by atoms with van der Waals surface area (Å²) >= 11 is 0. The van der Waals surface area contributed by atoms with E-state index in [1.165, 1.54) is 17.3 Å². The molecule has 0 saturated carbocycles. The number of hydrogen-bond acceptors (Lipinski definition) is 2. The van der Waals surface area contributed by atoms with E-state index in [-0.39, 0.29) is 17.9 Å². The van der Waals surface area contributed by atoms with Crippen molar-refractivity contribution in [2.75, 3.05) is 24.5 Å². The zero-order valence-electron chi connectivity index (χ0n) is 16.0. The fourth-order valence-electron chi connectivity index (χ4n) is 5.12. The number of fused-ring (bicyclic) bond motifs is 2. The number of urea groups is 1. The van der Waals surface area contributed by atoms with Crippen molar-refractivity contribution in [2.45, 2.75) is 44.2 Å². The third kappa shape index (κ3) is 3.03. The molecule has 0 bridgehead atoms. The van der Waals surface area contributed by atoms with Crippen LogP contribution in [0.4, 0.5) is 14.9 Å². The highest BCUT2D eigenvalue weighted by Crippen LogP contribution is 2.34. The molecule has 5 rings (SSSR count). The van der Waals surface area contributed by atoms with Crippen LogP contribution in [0, 0.1) is 5.82 Å². The molecule has 1 atom stereocenters. The molecule has 1 saturated heterocycles. The standard InChI is InChI=1S/C23H26FN3O/c24-20-6-3-5-19-18(20)8-9-21(19)25-23(28)26-13-11-17(12-14-26)27-15-10-16-4-1-2-7-22(16)27/h1-7,17,21H,8-15H2,(H,25,28). The van der Waals surface area contributed by atoms with E-state index in [0.29, 0.717) is 12.5 Å². The van der Waals surface area contributed by atoms with Crippen molar-refractivity contribution >= 4 is 11.7 Å². The van der Waals surface area contributed by atoms with E-state index in [2.05, 4.69) is 34.5 Å². The second kappa shape index (κ2) is 7.12. The largest absolute Gasteiger partial charge is 0.368 e. The highest BCUT2D eigenvalue weighted by molar-refractivity contribution is 5.75. The van der Waals surface area contributed by atoms with E-state index in [9.17, 15) is 9.18 Å². The van der Waals surface area contributed by atoms with Crippen molar-refractivity contribution in [3.05, 3.63) is 65.0 Å². The van der Waals surface area contributed by atoms with Crippen LogP contribution in [0.1, 0.15) is 42.0 Å². The Kier molecular flexibility index (Phi) is 4.46. The maximum Gasteiger partial charge on any atom is 0.317 e. The van der Waals surface area contributed by atoms with Crippen molar-refractivity contribution < 1.29 is 9.18 Å². The quantitative estimate of drug-likeness (QED) is 0.854. The first-order chi connectivity index (χ1) is 13.7. The number of hydrogen-bond donors (Lipinski definition) is 1. The van der Waals surface area contributed by atoms with Gasteiger partial charge in [0.25, 0.3) is 0 Å². The van der Waals surface area contributed by atoms with Crippen LogP contribution < -0.4 is 10.2 Å². The Balaban J connectivity index is 1.19. The van der Waals surface area contributed by atoms with E-state index >= 15 is 0 Å². The number of carbonyl (C=O) groups is 1. The van der Waals surface area contributed by atoms with Crippen LogP contribution >= 0.6 is 0 Å². The number of amides is 2. The molecule has 1 aliphatic carbocycles. The molecule has 2 heterocycles. The Morgan fingerprint density at radius 2 is 1.79 bits per heavy atom. The summed E-state index contributed by atoms with van der Waals surface area (Å²) in [6.07, 6.45) is 4.59. The number of nitrogens with one attached hydrogen (secondary N) is 1. The highest BCUT2D eigenvalue weighted by Gasteiger charge is 2.32. The van der Waals surface area contributed by atoms with Gasteiger partial charge in [0, 0.05) is 31.4 Å².